The Morgan fingerprint density at radius 3 is 2.71 bits per heavy atom. The van der Waals surface area contributed by atoms with Crippen molar-refractivity contribution in [1.29, 1.82) is 0 Å². The molecule has 0 N–H and O–H groups in total. The predicted octanol–water partition coefficient (Wildman–Crippen LogP) is 3.45. The summed E-state index contributed by atoms with van der Waals surface area (Å²) in [6, 6.07) is 9.97. The normalized spacial score (nSPS) is 16.5. The van der Waals surface area contributed by atoms with Crippen molar-refractivity contribution in [2.75, 3.05) is 13.2 Å². The first kappa shape index (κ1) is 17.0. The van der Waals surface area contributed by atoms with Crippen molar-refractivity contribution in [3.63, 3.8) is 0 Å². The highest BCUT2D eigenvalue weighted by Gasteiger charge is 2.26. The van der Waals surface area contributed by atoms with Gasteiger partial charge in [-0.3, -0.25) is 15.0 Å². The molecule has 0 aromatic carbocycles. The molecule has 5 rings (SSSR count). The van der Waals surface area contributed by atoms with Crippen LogP contribution in [-0.4, -0.2) is 40.0 Å². The van der Waals surface area contributed by atoms with Crippen molar-refractivity contribution in [3.05, 3.63) is 71.8 Å². The molecule has 3 aromatic rings. The third-order valence-electron chi connectivity index (χ3n) is 5.08. The van der Waals surface area contributed by atoms with Crippen molar-refractivity contribution in [2.24, 2.45) is 4.99 Å². The summed E-state index contributed by atoms with van der Waals surface area (Å²) in [5.41, 5.74) is 5.92. The molecule has 2 aliphatic rings. The molecule has 5 heterocycles. The van der Waals surface area contributed by atoms with Gasteiger partial charge in [-0.15, -0.1) is 0 Å². The van der Waals surface area contributed by atoms with Crippen molar-refractivity contribution in [2.45, 2.75) is 25.5 Å². The number of rotatable bonds is 4. The number of fused-ring (bicyclic) bond motifs is 1. The monoisotopic (exact) mass is 372 g/mol. The van der Waals surface area contributed by atoms with Gasteiger partial charge in [0.1, 0.15) is 6.10 Å². The average Bonchev–Trinajstić information content (AvgIpc) is 3.21. The van der Waals surface area contributed by atoms with Gasteiger partial charge in [-0.1, -0.05) is 0 Å². The zero-order valence-corrected chi connectivity index (χ0v) is 15.4. The predicted molar refractivity (Wildman–Crippen MR) is 106 cm³/mol. The summed E-state index contributed by atoms with van der Waals surface area (Å²) in [5.74, 6) is 0.667. The van der Waals surface area contributed by atoms with Crippen molar-refractivity contribution >= 4 is 5.71 Å². The third-order valence-corrected chi connectivity index (χ3v) is 5.08. The van der Waals surface area contributed by atoms with E-state index in [1.54, 1.807) is 12.4 Å². The topological polar surface area (TPSA) is 69.5 Å². The van der Waals surface area contributed by atoms with E-state index >= 15 is 0 Å². The summed E-state index contributed by atoms with van der Waals surface area (Å²) in [6.45, 7) is 2.11. The Kier molecular flexibility index (Phi) is 4.54. The molecule has 3 aromatic heterocycles. The van der Waals surface area contributed by atoms with E-state index in [0.29, 0.717) is 12.4 Å². The van der Waals surface area contributed by atoms with Gasteiger partial charge >= 0.3 is 0 Å². The molecule has 2 aliphatic heterocycles. The molecular formula is C22H20N4O2. The average molecular weight is 372 g/mol. The molecule has 0 amide bonds. The molecule has 1 fully saturated rings. The maximum atomic E-state index is 6.27. The van der Waals surface area contributed by atoms with Crippen LogP contribution in [0.3, 0.4) is 0 Å². The smallest absolute Gasteiger partial charge is 0.223 e. The second-order valence-corrected chi connectivity index (χ2v) is 6.92. The van der Waals surface area contributed by atoms with Gasteiger partial charge in [0, 0.05) is 48.8 Å². The van der Waals surface area contributed by atoms with Crippen LogP contribution < -0.4 is 4.74 Å². The summed E-state index contributed by atoms with van der Waals surface area (Å²) in [5, 5.41) is 0. The number of ether oxygens (including phenoxy) is 2. The zero-order valence-electron chi connectivity index (χ0n) is 15.4. The SMILES string of the molecule is c1cncc(-c2cc(C3=NCc4ccnc(OC5CCOCC5)c43)ccn2)c1. The van der Waals surface area contributed by atoms with Crippen LogP contribution in [0.2, 0.25) is 0 Å². The number of pyridine rings is 3. The Bertz CT molecular complexity index is 1010. The van der Waals surface area contributed by atoms with E-state index in [4.69, 9.17) is 14.5 Å². The van der Waals surface area contributed by atoms with E-state index in [1.807, 2.05) is 36.7 Å². The van der Waals surface area contributed by atoms with Crippen molar-refractivity contribution in [1.82, 2.24) is 15.0 Å². The van der Waals surface area contributed by atoms with E-state index in [2.05, 4.69) is 21.0 Å². The quantitative estimate of drug-likeness (QED) is 0.702. The van der Waals surface area contributed by atoms with E-state index < -0.39 is 0 Å². The highest BCUT2D eigenvalue weighted by atomic mass is 16.5. The van der Waals surface area contributed by atoms with Crippen LogP contribution in [0, 0.1) is 0 Å². The number of nitrogens with zero attached hydrogens (tertiary/aromatic N) is 4. The maximum Gasteiger partial charge on any atom is 0.223 e. The Labute approximate surface area is 163 Å². The fourth-order valence-corrected chi connectivity index (χ4v) is 3.64. The molecule has 140 valence electrons. The molecule has 0 unspecified atom stereocenters. The molecule has 0 spiro atoms. The molecule has 6 nitrogen and oxygen atoms in total. The first-order valence-electron chi connectivity index (χ1n) is 9.52. The number of aliphatic imine (C=N–C) groups is 1. The van der Waals surface area contributed by atoms with Gasteiger partial charge in [0.05, 0.1) is 36.7 Å². The highest BCUT2D eigenvalue weighted by Crippen LogP contribution is 2.31. The standard InChI is InChI=1S/C22H20N4O2/c1-2-16(13-23-7-1)19-12-15(3-8-24-19)21-20-17(14-26-21)4-9-25-22(20)28-18-5-10-27-11-6-18/h1-4,7-9,12-13,18H,5-6,10-11,14H2. The largest absolute Gasteiger partial charge is 0.474 e. The van der Waals surface area contributed by atoms with Crippen LogP contribution in [0.4, 0.5) is 0 Å². The molecule has 28 heavy (non-hydrogen) atoms. The third kappa shape index (κ3) is 3.27. The lowest BCUT2D eigenvalue weighted by molar-refractivity contribution is 0.0236. The fourth-order valence-electron chi connectivity index (χ4n) is 3.64. The van der Waals surface area contributed by atoms with Crippen LogP contribution in [0.5, 0.6) is 5.88 Å². The molecular weight excluding hydrogens is 352 g/mol. The minimum atomic E-state index is 0.137. The lowest BCUT2D eigenvalue weighted by Gasteiger charge is -2.24. The van der Waals surface area contributed by atoms with Gasteiger partial charge in [-0.25, -0.2) is 4.98 Å². The first-order valence-corrected chi connectivity index (χ1v) is 9.52. The molecule has 0 atom stereocenters. The number of hydrogen-bond donors (Lipinski definition) is 0. The minimum Gasteiger partial charge on any atom is -0.474 e. The Morgan fingerprint density at radius 1 is 0.964 bits per heavy atom. The van der Waals surface area contributed by atoms with Gasteiger partial charge in [0.25, 0.3) is 0 Å². The van der Waals surface area contributed by atoms with Crippen LogP contribution >= 0.6 is 0 Å². The van der Waals surface area contributed by atoms with Gasteiger partial charge in [-0.05, 0) is 35.9 Å². The number of aromatic nitrogens is 3. The van der Waals surface area contributed by atoms with E-state index in [9.17, 15) is 0 Å². The lowest BCUT2D eigenvalue weighted by Crippen LogP contribution is -2.27. The fraction of sp³-hybridized carbons (Fsp3) is 0.273. The van der Waals surface area contributed by atoms with Crippen molar-refractivity contribution in [3.8, 4) is 17.1 Å². The van der Waals surface area contributed by atoms with Crippen LogP contribution in [0.15, 0.2) is 60.1 Å². The summed E-state index contributed by atoms with van der Waals surface area (Å²) < 4.78 is 11.7. The zero-order chi connectivity index (χ0) is 18.8. The molecule has 0 radical (unpaired) electrons. The van der Waals surface area contributed by atoms with E-state index in [0.717, 1.165) is 59.7 Å². The Morgan fingerprint density at radius 2 is 1.86 bits per heavy atom. The molecule has 1 saturated heterocycles. The molecule has 0 aliphatic carbocycles. The van der Waals surface area contributed by atoms with Crippen LogP contribution in [-0.2, 0) is 11.3 Å². The second kappa shape index (κ2) is 7.48. The first-order chi connectivity index (χ1) is 13.9. The Balaban J connectivity index is 1.50. The van der Waals surface area contributed by atoms with E-state index in [1.165, 1.54) is 0 Å². The van der Waals surface area contributed by atoms with E-state index in [-0.39, 0.29) is 6.10 Å². The van der Waals surface area contributed by atoms with Gasteiger partial charge in [-0.2, -0.15) is 0 Å². The molecule has 0 saturated carbocycles. The molecule has 6 heteroatoms. The number of hydrogen-bond acceptors (Lipinski definition) is 6. The summed E-state index contributed by atoms with van der Waals surface area (Å²) >= 11 is 0. The second-order valence-electron chi connectivity index (χ2n) is 6.92. The summed E-state index contributed by atoms with van der Waals surface area (Å²) in [4.78, 5) is 18.0. The highest BCUT2D eigenvalue weighted by molar-refractivity contribution is 6.16. The van der Waals surface area contributed by atoms with Gasteiger partial charge in [0.2, 0.25) is 5.88 Å². The maximum absolute atomic E-state index is 6.27. The summed E-state index contributed by atoms with van der Waals surface area (Å²) in [6.07, 6.45) is 9.11. The van der Waals surface area contributed by atoms with Crippen LogP contribution in [0.1, 0.15) is 29.5 Å². The molecule has 0 bridgehead atoms. The summed E-state index contributed by atoms with van der Waals surface area (Å²) in [7, 11) is 0. The van der Waals surface area contributed by atoms with Gasteiger partial charge in [0.15, 0.2) is 0 Å². The lowest BCUT2D eigenvalue weighted by atomic mass is 10.0. The van der Waals surface area contributed by atoms with Crippen molar-refractivity contribution < 1.29 is 9.47 Å². The minimum absolute atomic E-state index is 0.137. The van der Waals surface area contributed by atoms with Crippen LogP contribution in [0.25, 0.3) is 11.3 Å². The Hall–Kier alpha value is -3.12. The van der Waals surface area contributed by atoms with Gasteiger partial charge < -0.3 is 9.47 Å².